The van der Waals surface area contributed by atoms with Crippen molar-refractivity contribution >= 4 is 17.3 Å². The van der Waals surface area contributed by atoms with Crippen molar-refractivity contribution in [1.82, 2.24) is 4.90 Å². The zero-order valence-electron chi connectivity index (χ0n) is 15.3. The summed E-state index contributed by atoms with van der Waals surface area (Å²) in [6.45, 7) is 2.33. The summed E-state index contributed by atoms with van der Waals surface area (Å²) < 4.78 is 5.21. The third-order valence-electron chi connectivity index (χ3n) is 4.81. The fourth-order valence-electron chi connectivity index (χ4n) is 3.32. The Labute approximate surface area is 158 Å². The molecule has 2 aromatic rings. The van der Waals surface area contributed by atoms with Crippen LogP contribution in [0.15, 0.2) is 48.5 Å². The third kappa shape index (κ3) is 4.55. The van der Waals surface area contributed by atoms with Crippen LogP contribution in [0.2, 0.25) is 0 Å². The average Bonchev–Trinajstić information content (AvgIpc) is 2.72. The zero-order chi connectivity index (χ0) is 19.2. The van der Waals surface area contributed by atoms with E-state index in [1.165, 1.54) is 6.07 Å². The number of ether oxygens (including phenoxy) is 1. The monoisotopic (exact) mass is 369 g/mol. The van der Waals surface area contributed by atoms with E-state index in [1.807, 2.05) is 34.1 Å². The molecule has 3 rings (SSSR count). The summed E-state index contributed by atoms with van der Waals surface area (Å²) in [5.41, 5.74) is 1.79. The number of nitrogens with zero attached hydrogens (tertiary/aromatic N) is 3. The van der Waals surface area contributed by atoms with Gasteiger partial charge in [-0.3, -0.25) is 14.9 Å². The number of piperazine rings is 1. The summed E-state index contributed by atoms with van der Waals surface area (Å²) in [6, 6.07) is 14.5. The van der Waals surface area contributed by atoms with Gasteiger partial charge in [0.15, 0.2) is 0 Å². The van der Waals surface area contributed by atoms with Crippen molar-refractivity contribution in [3.05, 3.63) is 64.2 Å². The second kappa shape index (κ2) is 8.53. The van der Waals surface area contributed by atoms with Crippen molar-refractivity contribution in [1.29, 1.82) is 0 Å². The first-order chi connectivity index (χ1) is 13.1. The summed E-state index contributed by atoms with van der Waals surface area (Å²) in [5, 5.41) is 11.2. The van der Waals surface area contributed by atoms with E-state index in [2.05, 4.69) is 0 Å². The molecule has 0 spiro atoms. The minimum absolute atomic E-state index is 0.107. The molecule has 0 saturated carbocycles. The number of anilines is 1. The molecule has 0 N–H and O–H groups in total. The molecule has 1 aliphatic heterocycles. The number of nitro benzene ring substituents is 1. The highest BCUT2D eigenvalue weighted by Gasteiger charge is 2.25. The molecule has 1 heterocycles. The van der Waals surface area contributed by atoms with Gasteiger partial charge in [-0.05, 0) is 30.2 Å². The molecule has 1 fully saturated rings. The molecule has 0 radical (unpaired) electrons. The standard InChI is InChI=1S/C20H23N3O4/c1-27-17-6-4-5-16(15-17)9-10-20(24)22-13-11-21(12-14-22)18-7-2-3-8-19(18)23(25)26/h2-8,15H,9-14H2,1H3. The predicted octanol–water partition coefficient (Wildman–Crippen LogP) is 2.88. The fourth-order valence-corrected chi connectivity index (χ4v) is 3.32. The largest absolute Gasteiger partial charge is 0.497 e. The normalized spacial score (nSPS) is 14.1. The first-order valence-electron chi connectivity index (χ1n) is 8.97. The van der Waals surface area contributed by atoms with Crippen LogP contribution in [0.3, 0.4) is 0 Å². The van der Waals surface area contributed by atoms with Gasteiger partial charge in [-0.15, -0.1) is 0 Å². The van der Waals surface area contributed by atoms with Crippen molar-refractivity contribution in [3.63, 3.8) is 0 Å². The van der Waals surface area contributed by atoms with Crippen LogP contribution >= 0.6 is 0 Å². The molecule has 27 heavy (non-hydrogen) atoms. The first-order valence-corrected chi connectivity index (χ1v) is 8.97. The molecule has 0 aliphatic carbocycles. The van der Waals surface area contributed by atoms with Crippen LogP contribution in [0.1, 0.15) is 12.0 Å². The zero-order valence-corrected chi connectivity index (χ0v) is 15.3. The van der Waals surface area contributed by atoms with Gasteiger partial charge in [0.25, 0.3) is 5.69 Å². The number of benzene rings is 2. The van der Waals surface area contributed by atoms with Gasteiger partial charge in [-0.25, -0.2) is 0 Å². The Bertz CT molecular complexity index is 816. The molecule has 7 heteroatoms. The number of rotatable bonds is 6. The van der Waals surface area contributed by atoms with Gasteiger partial charge in [0.2, 0.25) is 5.91 Å². The molecule has 7 nitrogen and oxygen atoms in total. The van der Waals surface area contributed by atoms with Crippen molar-refractivity contribution in [3.8, 4) is 5.75 Å². The molecule has 1 aliphatic rings. The maximum atomic E-state index is 12.5. The topological polar surface area (TPSA) is 75.9 Å². The van der Waals surface area contributed by atoms with E-state index < -0.39 is 0 Å². The van der Waals surface area contributed by atoms with Crippen LogP contribution in [0.4, 0.5) is 11.4 Å². The number of amides is 1. The molecule has 0 aromatic heterocycles. The fraction of sp³-hybridized carbons (Fsp3) is 0.350. The van der Waals surface area contributed by atoms with E-state index in [9.17, 15) is 14.9 Å². The highest BCUT2D eigenvalue weighted by molar-refractivity contribution is 5.77. The minimum Gasteiger partial charge on any atom is -0.497 e. The molecular formula is C20H23N3O4. The lowest BCUT2D eigenvalue weighted by Gasteiger charge is -2.35. The molecule has 0 atom stereocenters. The highest BCUT2D eigenvalue weighted by atomic mass is 16.6. The Hall–Kier alpha value is -3.09. The lowest BCUT2D eigenvalue weighted by atomic mass is 10.1. The Morgan fingerprint density at radius 3 is 2.56 bits per heavy atom. The van der Waals surface area contributed by atoms with Gasteiger partial charge in [0, 0.05) is 38.7 Å². The average molecular weight is 369 g/mol. The second-order valence-electron chi connectivity index (χ2n) is 6.47. The van der Waals surface area contributed by atoms with Crippen molar-refractivity contribution in [2.75, 3.05) is 38.2 Å². The maximum absolute atomic E-state index is 12.5. The number of hydrogen-bond donors (Lipinski definition) is 0. The number of carbonyl (C=O) groups is 1. The molecule has 1 amide bonds. The smallest absolute Gasteiger partial charge is 0.292 e. The Morgan fingerprint density at radius 2 is 1.85 bits per heavy atom. The van der Waals surface area contributed by atoms with E-state index in [-0.39, 0.29) is 16.5 Å². The molecule has 0 unspecified atom stereocenters. The van der Waals surface area contributed by atoms with E-state index >= 15 is 0 Å². The lowest BCUT2D eigenvalue weighted by Crippen LogP contribution is -2.49. The van der Waals surface area contributed by atoms with E-state index in [4.69, 9.17) is 4.74 Å². The molecule has 1 saturated heterocycles. The van der Waals surface area contributed by atoms with Gasteiger partial charge in [0.1, 0.15) is 11.4 Å². The van der Waals surface area contributed by atoms with Crippen LogP contribution in [0.5, 0.6) is 5.75 Å². The summed E-state index contributed by atoms with van der Waals surface area (Å²) in [5.74, 6) is 0.901. The number of methoxy groups -OCH3 is 1. The van der Waals surface area contributed by atoms with Crippen LogP contribution in [0, 0.1) is 10.1 Å². The minimum atomic E-state index is -0.360. The van der Waals surface area contributed by atoms with Crippen LogP contribution in [-0.4, -0.2) is 49.0 Å². The Kier molecular flexibility index (Phi) is 5.90. The van der Waals surface area contributed by atoms with Crippen LogP contribution in [-0.2, 0) is 11.2 Å². The van der Waals surface area contributed by atoms with Crippen molar-refractivity contribution < 1.29 is 14.5 Å². The molecule has 0 bridgehead atoms. The van der Waals surface area contributed by atoms with Gasteiger partial charge < -0.3 is 14.5 Å². The van der Waals surface area contributed by atoms with Gasteiger partial charge in [-0.1, -0.05) is 24.3 Å². The third-order valence-corrected chi connectivity index (χ3v) is 4.81. The first kappa shape index (κ1) is 18.7. The Balaban J connectivity index is 1.54. The summed E-state index contributed by atoms with van der Waals surface area (Å²) >= 11 is 0. The van der Waals surface area contributed by atoms with E-state index in [0.717, 1.165) is 11.3 Å². The van der Waals surface area contributed by atoms with E-state index in [0.29, 0.717) is 44.7 Å². The molecular weight excluding hydrogens is 346 g/mol. The second-order valence-corrected chi connectivity index (χ2v) is 6.47. The van der Waals surface area contributed by atoms with Crippen molar-refractivity contribution in [2.45, 2.75) is 12.8 Å². The van der Waals surface area contributed by atoms with Crippen molar-refractivity contribution in [2.24, 2.45) is 0 Å². The van der Waals surface area contributed by atoms with E-state index in [1.54, 1.807) is 25.3 Å². The van der Waals surface area contributed by atoms with Gasteiger partial charge in [0.05, 0.1) is 12.0 Å². The highest BCUT2D eigenvalue weighted by Crippen LogP contribution is 2.28. The lowest BCUT2D eigenvalue weighted by molar-refractivity contribution is -0.384. The number of nitro groups is 1. The number of aryl methyl sites for hydroxylation is 1. The summed E-state index contributed by atoms with van der Waals surface area (Å²) in [4.78, 5) is 27.2. The van der Waals surface area contributed by atoms with Gasteiger partial charge >= 0.3 is 0 Å². The summed E-state index contributed by atoms with van der Waals surface area (Å²) in [6.07, 6.45) is 1.11. The molecule has 142 valence electrons. The van der Waals surface area contributed by atoms with Crippen LogP contribution in [0.25, 0.3) is 0 Å². The SMILES string of the molecule is COc1cccc(CCC(=O)N2CCN(c3ccccc3[N+](=O)[O-])CC2)c1. The summed E-state index contributed by atoms with van der Waals surface area (Å²) in [7, 11) is 1.63. The maximum Gasteiger partial charge on any atom is 0.292 e. The van der Waals surface area contributed by atoms with Gasteiger partial charge in [-0.2, -0.15) is 0 Å². The predicted molar refractivity (Wildman–Crippen MR) is 103 cm³/mol. The number of para-hydroxylation sites is 2. The van der Waals surface area contributed by atoms with Crippen LogP contribution < -0.4 is 9.64 Å². The number of hydrogen-bond acceptors (Lipinski definition) is 5. The Morgan fingerprint density at radius 1 is 1.11 bits per heavy atom. The quantitative estimate of drug-likeness (QED) is 0.578. The molecule has 2 aromatic carbocycles. The number of carbonyl (C=O) groups excluding carboxylic acids is 1.